The first-order chi connectivity index (χ1) is 13.9. The average Bonchev–Trinajstić information content (AvgIpc) is 2.89. The second-order valence-electron chi connectivity index (χ2n) is 6.71. The number of benzene rings is 1. The largest absolute Gasteiger partial charge is 0.481 e. The number of aromatic nitrogens is 1. The predicted octanol–water partition coefficient (Wildman–Crippen LogP) is 3.99. The highest BCUT2D eigenvalue weighted by molar-refractivity contribution is 7.98. The van der Waals surface area contributed by atoms with Gasteiger partial charge in [-0.2, -0.15) is 0 Å². The molecule has 29 heavy (non-hydrogen) atoms. The summed E-state index contributed by atoms with van der Waals surface area (Å²) in [5.41, 5.74) is 3.99. The highest BCUT2D eigenvalue weighted by Gasteiger charge is 2.17. The number of fused-ring (bicyclic) bond motifs is 1. The molecular weight excluding hydrogens is 412 g/mol. The van der Waals surface area contributed by atoms with E-state index in [1.54, 1.807) is 0 Å². The normalized spacial score (nSPS) is 13.6. The van der Waals surface area contributed by atoms with Crippen LogP contribution in [0.2, 0.25) is 5.02 Å². The Kier molecular flexibility index (Phi) is 9.44. The van der Waals surface area contributed by atoms with Gasteiger partial charge < -0.3 is 15.1 Å². The molecule has 2 heterocycles. The van der Waals surface area contributed by atoms with Gasteiger partial charge in [0.2, 0.25) is 0 Å². The van der Waals surface area contributed by atoms with Crippen molar-refractivity contribution in [3.63, 3.8) is 0 Å². The van der Waals surface area contributed by atoms with E-state index in [0.29, 0.717) is 0 Å². The molecule has 156 valence electrons. The maximum atomic E-state index is 9.64. The molecule has 1 aromatic heterocycles. The van der Waals surface area contributed by atoms with Crippen molar-refractivity contribution in [2.75, 3.05) is 20.1 Å². The lowest BCUT2D eigenvalue weighted by Gasteiger charge is -2.14. The number of halogens is 1. The molecule has 0 amide bonds. The summed E-state index contributed by atoms with van der Waals surface area (Å²) in [6.07, 6.45) is 3.44. The Morgan fingerprint density at radius 3 is 2.41 bits per heavy atom. The predicted molar refractivity (Wildman–Crippen MR) is 115 cm³/mol. The quantitative estimate of drug-likeness (QED) is 0.661. The van der Waals surface area contributed by atoms with Gasteiger partial charge in [-0.3, -0.25) is 14.6 Å². The minimum Gasteiger partial charge on any atom is -0.481 e. The molecule has 0 atom stereocenters. The molecule has 6 nitrogen and oxygen atoms in total. The van der Waals surface area contributed by atoms with E-state index in [0.717, 1.165) is 42.4 Å². The van der Waals surface area contributed by atoms with Crippen molar-refractivity contribution in [1.82, 2.24) is 9.88 Å². The second-order valence-corrected chi connectivity index (χ2v) is 8.11. The van der Waals surface area contributed by atoms with Crippen LogP contribution in [0, 0.1) is 0 Å². The molecule has 0 saturated heterocycles. The van der Waals surface area contributed by atoms with Gasteiger partial charge in [0.1, 0.15) is 0 Å². The summed E-state index contributed by atoms with van der Waals surface area (Å²) in [5, 5.41) is 16.7. The first kappa shape index (κ1) is 23.2. The molecule has 2 N–H and O–H groups in total. The number of pyridine rings is 1. The fraction of sp³-hybridized carbons (Fsp3) is 0.381. The van der Waals surface area contributed by atoms with Crippen LogP contribution in [0.4, 0.5) is 0 Å². The van der Waals surface area contributed by atoms with Gasteiger partial charge in [0.05, 0.1) is 23.6 Å². The summed E-state index contributed by atoms with van der Waals surface area (Å²) >= 11 is 8.27. The van der Waals surface area contributed by atoms with E-state index in [4.69, 9.17) is 21.8 Å². The number of carbonyl (C=O) groups is 2. The standard InChI is InChI=1S/C17H19ClN2S.C4H6O4/c1-20-10-7-13-5-6-16(18)17(15(13)8-11-20)21-12-14-4-2-3-9-19-14;5-3(6)1-2-4(7)8/h2-6,9H,7-8,10-12H2,1H3;1-2H2,(H,5,6)(H,7,8). The maximum Gasteiger partial charge on any atom is 0.303 e. The zero-order valence-electron chi connectivity index (χ0n) is 16.3. The highest BCUT2D eigenvalue weighted by atomic mass is 35.5. The molecule has 1 aliphatic heterocycles. The maximum absolute atomic E-state index is 9.64. The van der Waals surface area contributed by atoms with Gasteiger partial charge >= 0.3 is 11.9 Å². The van der Waals surface area contributed by atoms with Crippen LogP contribution in [0.25, 0.3) is 0 Å². The van der Waals surface area contributed by atoms with Crippen LogP contribution < -0.4 is 0 Å². The van der Waals surface area contributed by atoms with Crippen LogP contribution in [-0.2, 0) is 28.2 Å². The van der Waals surface area contributed by atoms with E-state index in [1.165, 1.54) is 16.0 Å². The van der Waals surface area contributed by atoms with Gasteiger partial charge in [0, 0.05) is 29.9 Å². The van der Waals surface area contributed by atoms with Crippen LogP contribution in [0.3, 0.4) is 0 Å². The number of carboxylic acid groups (broad SMARTS) is 2. The molecule has 0 bridgehead atoms. The first-order valence-electron chi connectivity index (χ1n) is 9.32. The lowest BCUT2D eigenvalue weighted by molar-refractivity contribution is -0.143. The number of nitrogens with zero attached hydrogens (tertiary/aromatic N) is 2. The molecule has 0 saturated carbocycles. The number of hydrogen-bond acceptors (Lipinski definition) is 5. The first-order valence-corrected chi connectivity index (χ1v) is 10.7. The molecule has 1 aromatic carbocycles. The number of carboxylic acids is 2. The zero-order chi connectivity index (χ0) is 21.2. The van der Waals surface area contributed by atoms with Crippen molar-refractivity contribution in [2.45, 2.75) is 36.3 Å². The summed E-state index contributed by atoms with van der Waals surface area (Å²) in [4.78, 5) is 27.3. The third-order valence-corrected chi connectivity index (χ3v) is 6.08. The van der Waals surface area contributed by atoms with Crippen molar-refractivity contribution < 1.29 is 19.8 Å². The summed E-state index contributed by atoms with van der Waals surface area (Å²) in [5.74, 6) is -1.29. The Hall–Kier alpha value is -2.09. The lowest BCUT2D eigenvalue weighted by atomic mass is 10.0. The van der Waals surface area contributed by atoms with Crippen molar-refractivity contribution >= 4 is 35.3 Å². The van der Waals surface area contributed by atoms with Crippen LogP contribution >= 0.6 is 23.4 Å². The Labute approximate surface area is 179 Å². The Morgan fingerprint density at radius 1 is 1.10 bits per heavy atom. The third-order valence-electron chi connectivity index (χ3n) is 4.46. The summed E-state index contributed by atoms with van der Waals surface area (Å²) in [7, 11) is 2.19. The van der Waals surface area contributed by atoms with E-state index in [2.05, 4.69) is 29.1 Å². The van der Waals surface area contributed by atoms with E-state index in [9.17, 15) is 9.59 Å². The number of aliphatic carboxylic acids is 2. The summed E-state index contributed by atoms with van der Waals surface area (Å²) < 4.78 is 0. The van der Waals surface area contributed by atoms with E-state index < -0.39 is 11.9 Å². The molecule has 3 rings (SSSR count). The number of thioether (sulfide) groups is 1. The molecule has 0 spiro atoms. The van der Waals surface area contributed by atoms with Gasteiger partial charge in [-0.25, -0.2) is 0 Å². The van der Waals surface area contributed by atoms with Crippen LogP contribution in [0.1, 0.15) is 29.7 Å². The van der Waals surface area contributed by atoms with Gasteiger partial charge in [0.15, 0.2) is 0 Å². The fourth-order valence-corrected chi connectivity index (χ4v) is 4.29. The number of likely N-dealkylation sites (N-methyl/N-ethyl adjacent to an activating group) is 1. The minimum atomic E-state index is -1.08. The Morgan fingerprint density at radius 2 is 1.79 bits per heavy atom. The van der Waals surface area contributed by atoms with Crippen molar-refractivity contribution in [3.8, 4) is 0 Å². The molecule has 0 radical (unpaired) electrons. The monoisotopic (exact) mass is 436 g/mol. The van der Waals surface area contributed by atoms with Crippen molar-refractivity contribution in [3.05, 3.63) is 58.4 Å². The zero-order valence-corrected chi connectivity index (χ0v) is 17.9. The second kappa shape index (κ2) is 11.8. The molecule has 0 aliphatic carbocycles. The van der Waals surface area contributed by atoms with Gasteiger partial charge in [-0.15, -0.1) is 11.8 Å². The van der Waals surface area contributed by atoms with Gasteiger partial charge in [-0.1, -0.05) is 23.7 Å². The van der Waals surface area contributed by atoms with E-state index in [-0.39, 0.29) is 12.8 Å². The number of rotatable bonds is 6. The topological polar surface area (TPSA) is 90.7 Å². The van der Waals surface area contributed by atoms with Crippen LogP contribution in [0.15, 0.2) is 41.4 Å². The molecular formula is C21H25ClN2O4S. The summed E-state index contributed by atoms with van der Waals surface area (Å²) in [6, 6.07) is 10.3. The molecule has 2 aromatic rings. The SMILES string of the molecule is CN1CCc2ccc(Cl)c(SCc3ccccn3)c2CC1.O=C(O)CCC(=O)O. The van der Waals surface area contributed by atoms with E-state index in [1.807, 2.05) is 36.2 Å². The lowest BCUT2D eigenvalue weighted by Crippen LogP contribution is -2.20. The molecule has 8 heteroatoms. The third kappa shape index (κ3) is 8.04. The van der Waals surface area contributed by atoms with Gasteiger partial charge in [0.25, 0.3) is 0 Å². The molecule has 1 aliphatic rings. The molecule has 0 fully saturated rings. The average molecular weight is 437 g/mol. The summed E-state index contributed by atoms with van der Waals surface area (Å²) in [6.45, 7) is 2.23. The van der Waals surface area contributed by atoms with Crippen LogP contribution in [0.5, 0.6) is 0 Å². The Balaban J connectivity index is 0.000000321. The fourth-order valence-electron chi connectivity index (χ4n) is 2.87. The van der Waals surface area contributed by atoms with Crippen molar-refractivity contribution in [2.24, 2.45) is 0 Å². The smallest absolute Gasteiger partial charge is 0.303 e. The van der Waals surface area contributed by atoms with Gasteiger partial charge in [-0.05, 0) is 49.2 Å². The molecule has 0 unspecified atom stereocenters. The number of hydrogen-bond donors (Lipinski definition) is 2. The Bertz CT molecular complexity index is 819. The minimum absolute atomic E-state index is 0.296. The highest BCUT2D eigenvalue weighted by Crippen LogP contribution is 2.36. The van der Waals surface area contributed by atoms with E-state index >= 15 is 0 Å². The van der Waals surface area contributed by atoms with Crippen molar-refractivity contribution in [1.29, 1.82) is 0 Å². The van der Waals surface area contributed by atoms with Crippen LogP contribution in [-0.4, -0.2) is 52.2 Å².